The summed E-state index contributed by atoms with van der Waals surface area (Å²) in [5.41, 5.74) is -1.17. The average molecular weight is 310 g/mol. The zero-order chi connectivity index (χ0) is 13.0. The van der Waals surface area contributed by atoms with Crippen molar-refractivity contribution in [3.8, 4) is 0 Å². The molecule has 1 heterocycles. The normalized spacial score (nSPS) is 10.6. The third-order valence-electron chi connectivity index (χ3n) is 1.97. The highest BCUT2D eigenvalue weighted by molar-refractivity contribution is 9.10. The fourth-order valence-corrected chi connectivity index (χ4v) is 1.86. The van der Waals surface area contributed by atoms with Gasteiger partial charge in [-0.15, -0.1) is 0 Å². The van der Waals surface area contributed by atoms with E-state index in [1.54, 1.807) is 6.92 Å². The molecule has 1 aromatic rings. The second-order valence-corrected chi connectivity index (χ2v) is 4.01. The van der Waals surface area contributed by atoms with Crippen molar-refractivity contribution in [2.24, 2.45) is 0 Å². The Morgan fingerprint density at radius 3 is 2.76 bits per heavy atom. The monoisotopic (exact) mass is 309 g/mol. The van der Waals surface area contributed by atoms with E-state index in [9.17, 15) is 18.4 Å². The molecular formula is C10H10BrF2NO3. The molecule has 0 saturated heterocycles. The van der Waals surface area contributed by atoms with Crippen LogP contribution in [0.3, 0.4) is 0 Å². The number of pyridine rings is 1. The molecule has 0 unspecified atom stereocenters. The molecule has 0 aliphatic carbocycles. The van der Waals surface area contributed by atoms with E-state index in [-0.39, 0.29) is 23.1 Å². The van der Waals surface area contributed by atoms with Crippen molar-refractivity contribution in [3.05, 3.63) is 32.2 Å². The molecule has 4 nitrogen and oxygen atoms in total. The van der Waals surface area contributed by atoms with Crippen LogP contribution in [0.1, 0.15) is 24.6 Å². The van der Waals surface area contributed by atoms with Crippen LogP contribution in [-0.2, 0) is 16.0 Å². The van der Waals surface area contributed by atoms with E-state index in [1.807, 2.05) is 4.98 Å². The molecule has 1 aromatic heterocycles. The molecule has 17 heavy (non-hydrogen) atoms. The molecule has 0 atom stereocenters. The topological polar surface area (TPSA) is 59.2 Å². The van der Waals surface area contributed by atoms with Crippen molar-refractivity contribution >= 4 is 21.9 Å². The Kier molecular flexibility index (Phi) is 4.80. The molecule has 7 heteroatoms. The Morgan fingerprint density at radius 1 is 1.59 bits per heavy atom. The Balaban J connectivity index is 3.12. The van der Waals surface area contributed by atoms with Gasteiger partial charge < -0.3 is 9.72 Å². The van der Waals surface area contributed by atoms with Gasteiger partial charge in [-0.3, -0.25) is 9.59 Å². The largest absolute Gasteiger partial charge is 0.466 e. The first-order chi connectivity index (χ1) is 7.95. The highest BCUT2D eigenvalue weighted by Crippen LogP contribution is 2.25. The number of hydrogen-bond donors (Lipinski definition) is 1. The van der Waals surface area contributed by atoms with Gasteiger partial charge in [0, 0.05) is 16.1 Å². The summed E-state index contributed by atoms with van der Waals surface area (Å²) < 4.78 is 30.2. The van der Waals surface area contributed by atoms with Crippen LogP contribution < -0.4 is 5.56 Å². The summed E-state index contributed by atoms with van der Waals surface area (Å²) in [4.78, 5) is 24.3. The molecule has 0 aliphatic rings. The van der Waals surface area contributed by atoms with Crippen molar-refractivity contribution in [3.63, 3.8) is 0 Å². The number of ether oxygens (including phenoxy) is 1. The molecule has 0 aromatic carbocycles. The van der Waals surface area contributed by atoms with E-state index in [4.69, 9.17) is 0 Å². The summed E-state index contributed by atoms with van der Waals surface area (Å²) >= 11 is 2.98. The van der Waals surface area contributed by atoms with Crippen molar-refractivity contribution in [1.29, 1.82) is 0 Å². The van der Waals surface area contributed by atoms with E-state index < -0.39 is 23.6 Å². The van der Waals surface area contributed by atoms with Crippen molar-refractivity contribution < 1.29 is 18.3 Å². The predicted molar refractivity (Wildman–Crippen MR) is 60.1 cm³/mol. The lowest BCUT2D eigenvalue weighted by atomic mass is 10.1. The summed E-state index contributed by atoms with van der Waals surface area (Å²) in [6.07, 6.45) is -3.17. The molecular weight excluding hydrogens is 300 g/mol. The quantitative estimate of drug-likeness (QED) is 0.867. The second-order valence-electron chi connectivity index (χ2n) is 3.16. The first-order valence-corrected chi connectivity index (χ1v) is 5.60. The molecule has 0 radical (unpaired) electrons. The standard InChI is InChI=1S/C10H10BrF2NO3/c1-2-17-8(16)3-5-6(11)4-7(15)14-9(5)10(12)13/h4,10H,2-3H2,1H3,(H,14,15). The Hall–Kier alpha value is -1.24. The first kappa shape index (κ1) is 13.8. The highest BCUT2D eigenvalue weighted by Gasteiger charge is 2.20. The van der Waals surface area contributed by atoms with Gasteiger partial charge in [0.05, 0.1) is 18.7 Å². The summed E-state index contributed by atoms with van der Waals surface area (Å²) in [6.45, 7) is 1.79. The van der Waals surface area contributed by atoms with Crippen molar-refractivity contribution in [2.45, 2.75) is 19.8 Å². The number of H-pyrrole nitrogens is 1. The minimum atomic E-state index is -2.86. The number of carbonyl (C=O) groups excluding carboxylic acids is 1. The lowest BCUT2D eigenvalue weighted by molar-refractivity contribution is -0.142. The van der Waals surface area contributed by atoms with Crippen LogP contribution >= 0.6 is 15.9 Å². The smallest absolute Gasteiger partial charge is 0.310 e. The Labute approximate surface area is 104 Å². The van der Waals surface area contributed by atoms with Gasteiger partial charge in [-0.2, -0.15) is 0 Å². The zero-order valence-electron chi connectivity index (χ0n) is 8.93. The number of esters is 1. The highest BCUT2D eigenvalue weighted by atomic mass is 79.9. The molecule has 0 aliphatic heterocycles. The Morgan fingerprint density at radius 2 is 2.24 bits per heavy atom. The fraction of sp³-hybridized carbons (Fsp3) is 0.400. The molecule has 94 valence electrons. The van der Waals surface area contributed by atoms with Crippen LogP contribution in [0.2, 0.25) is 0 Å². The van der Waals surface area contributed by atoms with E-state index in [0.717, 1.165) is 6.07 Å². The molecule has 0 saturated carbocycles. The molecule has 0 bridgehead atoms. The number of hydrogen-bond acceptors (Lipinski definition) is 3. The minimum Gasteiger partial charge on any atom is -0.466 e. The number of carbonyl (C=O) groups is 1. The van der Waals surface area contributed by atoms with Gasteiger partial charge in [0.25, 0.3) is 6.43 Å². The van der Waals surface area contributed by atoms with Gasteiger partial charge in [-0.25, -0.2) is 8.78 Å². The van der Waals surface area contributed by atoms with E-state index >= 15 is 0 Å². The fourth-order valence-electron chi connectivity index (χ4n) is 1.30. The molecule has 1 rings (SSSR count). The lowest BCUT2D eigenvalue weighted by Crippen LogP contribution is -2.16. The summed E-state index contributed by atoms with van der Waals surface area (Å²) in [5.74, 6) is -0.623. The summed E-state index contributed by atoms with van der Waals surface area (Å²) in [7, 11) is 0. The maximum absolute atomic E-state index is 12.7. The zero-order valence-corrected chi connectivity index (χ0v) is 10.5. The number of aromatic amines is 1. The molecule has 0 fully saturated rings. The number of rotatable bonds is 4. The van der Waals surface area contributed by atoms with Crippen LogP contribution in [0, 0.1) is 0 Å². The average Bonchev–Trinajstić information content (AvgIpc) is 2.21. The van der Waals surface area contributed by atoms with Crippen LogP contribution in [0.25, 0.3) is 0 Å². The van der Waals surface area contributed by atoms with Gasteiger partial charge in [0.2, 0.25) is 5.56 Å². The van der Waals surface area contributed by atoms with Gasteiger partial charge in [-0.1, -0.05) is 15.9 Å². The van der Waals surface area contributed by atoms with Gasteiger partial charge in [0.15, 0.2) is 0 Å². The van der Waals surface area contributed by atoms with Crippen LogP contribution in [0.4, 0.5) is 8.78 Å². The first-order valence-electron chi connectivity index (χ1n) is 4.81. The number of aromatic nitrogens is 1. The lowest BCUT2D eigenvalue weighted by Gasteiger charge is -2.09. The van der Waals surface area contributed by atoms with Gasteiger partial charge >= 0.3 is 5.97 Å². The summed E-state index contributed by atoms with van der Waals surface area (Å²) in [6, 6.07) is 1.10. The minimum absolute atomic E-state index is 0.0399. The number of nitrogens with one attached hydrogen (secondary N) is 1. The van der Waals surface area contributed by atoms with Gasteiger partial charge in [-0.05, 0) is 6.92 Å². The van der Waals surface area contributed by atoms with E-state index in [2.05, 4.69) is 20.7 Å². The third kappa shape index (κ3) is 3.62. The number of alkyl halides is 2. The van der Waals surface area contributed by atoms with Crippen LogP contribution in [0.15, 0.2) is 15.3 Å². The maximum atomic E-state index is 12.7. The molecule has 1 N–H and O–H groups in total. The predicted octanol–water partition coefficient (Wildman–Crippen LogP) is 2.18. The van der Waals surface area contributed by atoms with Crippen molar-refractivity contribution in [1.82, 2.24) is 4.98 Å². The van der Waals surface area contributed by atoms with Crippen LogP contribution in [-0.4, -0.2) is 17.6 Å². The van der Waals surface area contributed by atoms with E-state index in [0.29, 0.717) is 0 Å². The second kappa shape index (κ2) is 5.90. The Bertz CT molecular complexity index is 473. The van der Waals surface area contributed by atoms with E-state index in [1.165, 1.54) is 0 Å². The SMILES string of the molecule is CCOC(=O)Cc1c(Br)cc(=O)[nH]c1C(F)F. The number of halogens is 3. The van der Waals surface area contributed by atoms with Crippen molar-refractivity contribution in [2.75, 3.05) is 6.61 Å². The maximum Gasteiger partial charge on any atom is 0.310 e. The third-order valence-corrected chi connectivity index (χ3v) is 2.68. The van der Waals surface area contributed by atoms with Gasteiger partial charge in [0.1, 0.15) is 0 Å². The van der Waals surface area contributed by atoms with Crippen LogP contribution in [0.5, 0.6) is 0 Å². The molecule has 0 amide bonds. The summed E-state index contributed by atoms with van der Waals surface area (Å²) in [5, 5.41) is 0. The molecule has 0 spiro atoms.